The summed E-state index contributed by atoms with van der Waals surface area (Å²) in [6.07, 6.45) is 0. The summed E-state index contributed by atoms with van der Waals surface area (Å²) in [5.41, 5.74) is 1.06. The first kappa shape index (κ1) is 11.5. The second-order valence-electron chi connectivity index (χ2n) is 4.46. The van der Waals surface area contributed by atoms with Gasteiger partial charge in [-0.1, -0.05) is 0 Å². The minimum atomic E-state index is 0.208. The molecule has 0 aromatic carbocycles. The molecule has 2 rings (SSSR count). The van der Waals surface area contributed by atoms with Gasteiger partial charge in [0.2, 0.25) is 5.91 Å². The molecular weight excluding hydrogens is 222 g/mol. The maximum Gasteiger partial charge on any atom is 0.236 e. The van der Waals surface area contributed by atoms with Gasteiger partial charge in [0.1, 0.15) is 0 Å². The van der Waals surface area contributed by atoms with Crippen LogP contribution in [0.2, 0.25) is 0 Å². The van der Waals surface area contributed by atoms with E-state index in [9.17, 15) is 4.79 Å². The van der Waals surface area contributed by atoms with Crippen LogP contribution in [-0.4, -0.2) is 46.3 Å². The van der Waals surface area contributed by atoms with Gasteiger partial charge in [-0.2, -0.15) is 4.37 Å². The molecule has 1 unspecified atom stereocenters. The number of carbonyl (C=O) groups is 1. The Labute approximate surface area is 100 Å². The Balaban J connectivity index is 2.02. The lowest BCUT2D eigenvalue weighted by molar-refractivity contribution is -0.136. The van der Waals surface area contributed by atoms with Crippen molar-refractivity contribution in [1.29, 1.82) is 0 Å². The summed E-state index contributed by atoms with van der Waals surface area (Å²) < 4.78 is 4.26. The first-order valence-electron chi connectivity index (χ1n) is 5.46. The number of aromatic nitrogens is 1. The van der Waals surface area contributed by atoms with Crippen molar-refractivity contribution in [2.45, 2.75) is 26.4 Å². The Morgan fingerprint density at radius 3 is 3.00 bits per heavy atom. The minimum absolute atomic E-state index is 0.208. The normalized spacial score (nSPS) is 22.8. The van der Waals surface area contributed by atoms with E-state index in [1.165, 1.54) is 16.4 Å². The highest BCUT2D eigenvalue weighted by Crippen LogP contribution is 2.17. The molecule has 0 bridgehead atoms. The van der Waals surface area contributed by atoms with Gasteiger partial charge in [0, 0.05) is 31.1 Å². The fourth-order valence-electron chi connectivity index (χ4n) is 1.97. The molecule has 88 valence electrons. The molecule has 1 atom stereocenters. The summed E-state index contributed by atoms with van der Waals surface area (Å²) in [6.45, 7) is 6.34. The first-order valence-corrected chi connectivity index (χ1v) is 6.24. The Morgan fingerprint density at radius 1 is 1.62 bits per heavy atom. The van der Waals surface area contributed by atoms with E-state index in [2.05, 4.69) is 22.3 Å². The number of rotatable bonds is 2. The van der Waals surface area contributed by atoms with Gasteiger partial charge < -0.3 is 4.90 Å². The Kier molecular flexibility index (Phi) is 3.25. The summed E-state index contributed by atoms with van der Waals surface area (Å²) in [4.78, 5) is 16.9. The van der Waals surface area contributed by atoms with Crippen molar-refractivity contribution in [3.05, 3.63) is 16.6 Å². The van der Waals surface area contributed by atoms with Gasteiger partial charge >= 0.3 is 0 Å². The molecule has 1 aliphatic heterocycles. The highest BCUT2D eigenvalue weighted by atomic mass is 32.1. The van der Waals surface area contributed by atoms with Crippen LogP contribution in [0.1, 0.15) is 17.5 Å². The van der Waals surface area contributed by atoms with Crippen LogP contribution in [-0.2, 0) is 11.3 Å². The summed E-state index contributed by atoms with van der Waals surface area (Å²) in [5.74, 6) is 0.208. The van der Waals surface area contributed by atoms with E-state index in [1.54, 1.807) is 4.90 Å². The topological polar surface area (TPSA) is 36.4 Å². The quantitative estimate of drug-likeness (QED) is 0.776. The number of hydrogen-bond donors (Lipinski definition) is 0. The second kappa shape index (κ2) is 4.51. The molecule has 1 amide bonds. The predicted octanol–water partition coefficient (Wildman–Crippen LogP) is 1.11. The van der Waals surface area contributed by atoms with Crippen molar-refractivity contribution in [2.75, 3.05) is 20.1 Å². The Bertz CT molecular complexity index is 390. The van der Waals surface area contributed by atoms with Gasteiger partial charge in [-0.05, 0) is 31.4 Å². The summed E-state index contributed by atoms with van der Waals surface area (Å²) in [6, 6.07) is 2.52. The third kappa shape index (κ3) is 2.41. The van der Waals surface area contributed by atoms with Crippen LogP contribution in [0.4, 0.5) is 0 Å². The van der Waals surface area contributed by atoms with Gasteiger partial charge in [-0.25, -0.2) is 0 Å². The smallest absolute Gasteiger partial charge is 0.236 e. The van der Waals surface area contributed by atoms with Crippen LogP contribution in [0.5, 0.6) is 0 Å². The molecule has 1 saturated heterocycles. The Hall–Kier alpha value is -0.940. The van der Waals surface area contributed by atoms with E-state index in [0.29, 0.717) is 12.6 Å². The van der Waals surface area contributed by atoms with Gasteiger partial charge in [0.25, 0.3) is 0 Å². The van der Waals surface area contributed by atoms with E-state index >= 15 is 0 Å². The molecule has 4 nitrogen and oxygen atoms in total. The van der Waals surface area contributed by atoms with E-state index in [4.69, 9.17) is 0 Å². The monoisotopic (exact) mass is 239 g/mol. The Morgan fingerprint density at radius 2 is 2.38 bits per heavy atom. The SMILES string of the molecule is Cc1cc(CN2CC(=O)N(C)CC2C)sn1. The van der Waals surface area contributed by atoms with Crippen LogP contribution in [0, 0.1) is 6.92 Å². The lowest BCUT2D eigenvalue weighted by Crippen LogP contribution is -2.53. The molecule has 0 radical (unpaired) electrons. The van der Waals surface area contributed by atoms with Gasteiger partial charge in [-0.15, -0.1) is 0 Å². The average molecular weight is 239 g/mol. The fraction of sp³-hybridized carbons (Fsp3) is 0.636. The molecule has 1 aliphatic rings. The van der Waals surface area contributed by atoms with Crippen molar-refractivity contribution in [1.82, 2.24) is 14.2 Å². The molecule has 16 heavy (non-hydrogen) atoms. The molecule has 0 spiro atoms. The minimum Gasteiger partial charge on any atom is -0.343 e. The molecule has 0 saturated carbocycles. The van der Waals surface area contributed by atoms with Crippen molar-refractivity contribution >= 4 is 17.4 Å². The van der Waals surface area contributed by atoms with Crippen molar-refractivity contribution in [2.24, 2.45) is 0 Å². The lowest BCUT2D eigenvalue weighted by atomic mass is 10.2. The van der Waals surface area contributed by atoms with Gasteiger partial charge in [0.05, 0.1) is 12.2 Å². The third-order valence-electron chi connectivity index (χ3n) is 2.96. The number of likely N-dealkylation sites (N-methyl/N-ethyl adjacent to an activating group) is 1. The number of hydrogen-bond acceptors (Lipinski definition) is 4. The van der Waals surface area contributed by atoms with Crippen molar-refractivity contribution in [3.8, 4) is 0 Å². The van der Waals surface area contributed by atoms with E-state index in [1.807, 2.05) is 14.0 Å². The molecule has 1 aromatic heterocycles. The molecule has 2 heterocycles. The average Bonchev–Trinajstić information content (AvgIpc) is 2.60. The van der Waals surface area contributed by atoms with Crippen LogP contribution in [0.25, 0.3) is 0 Å². The number of piperazine rings is 1. The summed E-state index contributed by atoms with van der Waals surface area (Å²) in [5, 5.41) is 0. The third-order valence-corrected chi connectivity index (χ3v) is 3.82. The largest absolute Gasteiger partial charge is 0.343 e. The van der Waals surface area contributed by atoms with E-state index in [0.717, 1.165) is 18.8 Å². The number of amides is 1. The molecule has 0 N–H and O–H groups in total. The molecule has 1 aromatic rings. The summed E-state index contributed by atoms with van der Waals surface area (Å²) >= 11 is 1.53. The maximum absolute atomic E-state index is 11.6. The van der Waals surface area contributed by atoms with E-state index < -0.39 is 0 Å². The molecule has 1 fully saturated rings. The fourth-order valence-corrected chi connectivity index (χ4v) is 2.73. The molecular formula is C11H17N3OS. The van der Waals surface area contributed by atoms with Crippen LogP contribution >= 0.6 is 11.5 Å². The molecule has 0 aliphatic carbocycles. The predicted molar refractivity (Wildman–Crippen MR) is 64.4 cm³/mol. The zero-order valence-corrected chi connectivity index (χ0v) is 10.8. The first-order chi connectivity index (χ1) is 7.56. The van der Waals surface area contributed by atoms with Crippen molar-refractivity contribution in [3.63, 3.8) is 0 Å². The van der Waals surface area contributed by atoms with Crippen LogP contribution < -0.4 is 0 Å². The van der Waals surface area contributed by atoms with Crippen LogP contribution in [0.15, 0.2) is 6.07 Å². The zero-order chi connectivity index (χ0) is 11.7. The number of carbonyl (C=O) groups excluding carboxylic acids is 1. The summed E-state index contributed by atoms with van der Waals surface area (Å²) in [7, 11) is 1.87. The molecule has 5 heteroatoms. The number of nitrogens with zero attached hydrogens (tertiary/aromatic N) is 3. The van der Waals surface area contributed by atoms with Crippen molar-refractivity contribution < 1.29 is 4.79 Å². The second-order valence-corrected chi connectivity index (χ2v) is 5.35. The highest BCUT2D eigenvalue weighted by molar-refractivity contribution is 7.05. The van der Waals surface area contributed by atoms with E-state index in [-0.39, 0.29) is 5.91 Å². The lowest BCUT2D eigenvalue weighted by Gasteiger charge is -2.37. The maximum atomic E-state index is 11.6. The standard InChI is InChI=1S/C11H17N3OS/c1-8-4-10(16-12-8)6-14-7-11(15)13(3)5-9(14)2/h4,9H,5-7H2,1-3H3. The number of aryl methyl sites for hydroxylation is 1. The zero-order valence-electron chi connectivity index (χ0n) is 9.93. The highest BCUT2D eigenvalue weighted by Gasteiger charge is 2.27. The van der Waals surface area contributed by atoms with Gasteiger partial charge in [0.15, 0.2) is 0 Å². The van der Waals surface area contributed by atoms with Crippen LogP contribution in [0.3, 0.4) is 0 Å². The van der Waals surface area contributed by atoms with Gasteiger partial charge in [-0.3, -0.25) is 9.69 Å².